The van der Waals surface area contributed by atoms with Crippen molar-refractivity contribution in [3.05, 3.63) is 70.8 Å². The van der Waals surface area contributed by atoms with Crippen LogP contribution in [0.3, 0.4) is 0 Å². The lowest BCUT2D eigenvalue weighted by Gasteiger charge is -2.32. The van der Waals surface area contributed by atoms with Gasteiger partial charge in [-0.2, -0.15) is 0 Å². The zero-order valence-electron chi connectivity index (χ0n) is 18.6. The molecule has 0 bridgehead atoms. The van der Waals surface area contributed by atoms with Crippen LogP contribution in [0.15, 0.2) is 48.5 Å². The Morgan fingerprint density at radius 1 is 0.970 bits per heavy atom. The number of methoxy groups -OCH3 is 1. The summed E-state index contributed by atoms with van der Waals surface area (Å²) in [5, 5.41) is 3.00. The summed E-state index contributed by atoms with van der Waals surface area (Å²) in [6.45, 7) is 1.86. The monoisotopic (exact) mass is 449 g/mol. The van der Waals surface area contributed by atoms with E-state index < -0.39 is 0 Å². The molecule has 2 aromatic rings. The van der Waals surface area contributed by atoms with Crippen LogP contribution in [-0.2, 0) is 4.74 Å². The van der Waals surface area contributed by atoms with E-state index in [1.165, 1.54) is 11.0 Å². The highest BCUT2D eigenvalue weighted by molar-refractivity contribution is 6.22. The number of ether oxygens (including phenoxy) is 1. The smallest absolute Gasteiger partial charge is 0.261 e. The molecule has 8 heteroatoms. The van der Waals surface area contributed by atoms with Gasteiger partial charge in [-0.3, -0.25) is 24.1 Å². The van der Waals surface area contributed by atoms with Crippen LogP contribution in [0, 0.1) is 0 Å². The summed E-state index contributed by atoms with van der Waals surface area (Å²) in [5.74, 6) is -1.01. The molecule has 1 saturated heterocycles. The van der Waals surface area contributed by atoms with Crippen molar-refractivity contribution in [1.29, 1.82) is 0 Å². The molecule has 4 amide bonds. The molecule has 1 N–H and O–H groups in total. The van der Waals surface area contributed by atoms with Gasteiger partial charge >= 0.3 is 0 Å². The van der Waals surface area contributed by atoms with Crippen molar-refractivity contribution in [3.63, 3.8) is 0 Å². The molecule has 0 spiro atoms. The maximum absolute atomic E-state index is 12.8. The van der Waals surface area contributed by atoms with Gasteiger partial charge in [-0.15, -0.1) is 0 Å². The largest absolute Gasteiger partial charge is 0.385 e. The van der Waals surface area contributed by atoms with Crippen molar-refractivity contribution in [2.45, 2.75) is 25.3 Å². The van der Waals surface area contributed by atoms with Gasteiger partial charge in [0.1, 0.15) is 0 Å². The lowest BCUT2D eigenvalue weighted by atomic mass is 10.0. The van der Waals surface area contributed by atoms with Gasteiger partial charge in [0.25, 0.3) is 23.6 Å². The van der Waals surface area contributed by atoms with Crippen molar-refractivity contribution in [1.82, 2.24) is 15.1 Å². The number of amides is 4. The summed E-state index contributed by atoms with van der Waals surface area (Å²) < 4.78 is 4.99. The zero-order chi connectivity index (χ0) is 23.4. The van der Waals surface area contributed by atoms with Crippen molar-refractivity contribution >= 4 is 23.6 Å². The van der Waals surface area contributed by atoms with Crippen LogP contribution in [0.2, 0.25) is 0 Å². The lowest BCUT2D eigenvalue weighted by molar-refractivity contribution is 0.0636. The van der Waals surface area contributed by atoms with Gasteiger partial charge < -0.3 is 15.0 Å². The third-order valence-electron chi connectivity index (χ3n) is 6.10. The van der Waals surface area contributed by atoms with Crippen LogP contribution < -0.4 is 5.32 Å². The number of carbonyl (C=O) groups is 4. The average Bonchev–Trinajstić information content (AvgIpc) is 3.09. The number of benzene rings is 2. The molecule has 2 aromatic carbocycles. The maximum Gasteiger partial charge on any atom is 0.261 e. The molecule has 0 unspecified atom stereocenters. The van der Waals surface area contributed by atoms with E-state index in [9.17, 15) is 19.2 Å². The number of hydrogen-bond donors (Lipinski definition) is 1. The van der Waals surface area contributed by atoms with Gasteiger partial charge in [0.05, 0.1) is 11.1 Å². The lowest BCUT2D eigenvalue weighted by Crippen LogP contribution is -2.46. The van der Waals surface area contributed by atoms with Gasteiger partial charge in [0, 0.05) is 50.5 Å². The third kappa shape index (κ3) is 4.80. The van der Waals surface area contributed by atoms with Gasteiger partial charge in [0.2, 0.25) is 0 Å². The molecule has 0 atom stereocenters. The number of piperidine rings is 1. The van der Waals surface area contributed by atoms with E-state index in [2.05, 4.69) is 5.32 Å². The van der Waals surface area contributed by atoms with Crippen molar-refractivity contribution in [3.8, 4) is 0 Å². The normalized spacial score (nSPS) is 16.2. The van der Waals surface area contributed by atoms with Crippen LogP contribution in [0.5, 0.6) is 0 Å². The minimum absolute atomic E-state index is 0.00256. The Morgan fingerprint density at radius 2 is 1.67 bits per heavy atom. The Bertz CT molecular complexity index is 1060. The number of likely N-dealkylation sites (tertiary alicyclic amines) is 1. The standard InChI is InChI=1S/C25H27N3O5/c1-33-15-5-12-28-24(31)20-9-8-18(16-21(20)25(28)32)22(29)26-19-10-13-27(14-11-19)23(30)17-6-3-2-4-7-17/h2-4,6-9,16,19H,5,10-15H2,1H3,(H,26,29). The van der Waals surface area contributed by atoms with Crippen molar-refractivity contribution in [2.75, 3.05) is 33.4 Å². The predicted octanol–water partition coefficient (Wildman–Crippen LogP) is 2.35. The number of nitrogens with one attached hydrogen (secondary N) is 1. The van der Waals surface area contributed by atoms with Crippen LogP contribution in [0.4, 0.5) is 0 Å². The molecule has 0 aromatic heterocycles. The number of hydrogen-bond acceptors (Lipinski definition) is 5. The Balaban J connectivity index is 1.35. The molecule has 1 fully saturated rings. The van der Waals surface area contributed by atoms with E-state index in [-0.39, 0.29) is 41.8 Å². The molecular formula is C25H27N3O5. The number of imide groups is 1. The zero-order valence-corrected chi connectivity index (χ0v) is 18.6. The molecule has 4 rings (SSSR count). The van der Waals surface area contributed by atoms with E-state index in [4.69, 9.17) is 4.74 Å². The summed E-state index contributed by atoms with van der Waals surface area (Å²) in [7, 11) is 1.57. The summed E-state index contributed by atoms with van der Waals surface area (Å²) in [6, 6.07) is 13.7. The van der Waals surface area contributed by atoms with E-state index in [0.29, 0.717) is 55.6 Å². The molecule has 172 valence electrons. The number of rotatable bonds is 7. The fourth-order valence-corrected chi connectivity index (χ4v) is 4.26. The first-order valence-electron chi connectivity index (χ1n) is 11.1. The van der Waals surface area contributed by atoms with Crippen LogP contribution >= 0.6 is 0 Å². The Labute approximate surface area is 192 Å². The van der Waals surface area contributed by atoms with E-state index in [1.807, 2.05) is 18.2 Å². The highest BCUT2D eigenvalue weighted by atomic mass is 16.5. The summed E-state index contributed by atoms with van der Waals surface area (Å²) in [5.41, 5.74) is 1.58. The molecule has 0 saturated carbocycles. The van der Waals surface area contributed by atoms with Gasteiger partial charge in [-0.25, -0.2) is 0 Å². The number of nitrogens with zero attached hydrogens (tertiary/aromatic N) is 2. The van der Waals surface area contributed by atoms with Crippen LogP contribution in [0.1, 0.15) is 60.7 Å². The third-order valence-corrected chi connectivity index (χ3v) is 6.10. The van der Waals surface area contributed by atoms with E-state index >= 15 is 0 Å². The highest BCUT2D eigenvalue weighted by Crippen LogP contribution is 2.24. The first-order chi connectivity index (χ1) is 16.0. The molecular weight excluding hydrogens is 422 g/mol. The minimum Gasteiger partial charge on any atom is -0.385 e. The summed E-state index contributed by atoms with van der Waals surface area (Å²) in [4.78, 5) is 53.6. The molecule has 0 radical (unpaired) electrons. The first-order valence-corrected chi connectivity index (χ1v) is 11.1. The van der Waals surface area contributed by atoms with Crippen LogP contribution in [-0.4, -0.2) is 72.8 Å². The Hall–Kier alpha value is -3.52. The average molecular weight is 450 g/mol. The predicted molar refractivity (Wildman–Crippen MR) is 121 cm³/mol. The highest BCUT2D eigenvalue weighted by Gasteiger charge is 2.35. The fourth-order valence-electron chi connectivity index (χ4n) is 4.26. The number of fused-ring (bicyclic) bond motifs is 1. The minimum atomic E-state index is -0.381. The molecule has 0 aliphatic carbocycles. The quantitative estimate of drug-likeness (QED) is 0.517. The second-order valence-electron chi connectivity index (χ2n) is 8.27. The summed E-state index contributed by atoms with van der Waals surface area (Å²) >= 11 is 0. The summed E-state index contributed by atoms with van der Waals surface area (Å²) in [6.07, 6.45) is 1.86. The topological polar surface area (TPSA) is 96.0 Å². The molecule has 2 heterocycles. The second kappa shape index (κ2) is 9.95. The number of carbonyl (C=O) groups excluding carboxylic acids is 4. The van der Waals surface area contributed by atoms with Gasteiger partial charge in [-0.1, -0.05) is 18.2 Å². The first kappa shape index (κ1) is 22.7. The Kier molecular flexibility index (Phi) is 6.84. The molecule has 2 aliphatic heterocycles. The van der Waals surface area contributed by atoms with Gasteiger partial charge in [0.15, 0.2) is 0 Å². The maximum atomic E-state index is 12.8. The SMILES string of the molecule is COCCCN1C(=O)c2ccc(C(=O)NC3CCN(C(=O)c4ccccc4)CC3)cc2C1=O. The van der Waals surface area contributed by atoms with Crippen LogP contribution in [0.25, 0.3) is 0 Å². The van der Waals surface area contributed by atoms with E-state index in [1.54, 1.807) is 36.3 Å². The Morgan fingerprint density at radius 3 is 2.36 bits per heavy atom. The van der Waals surface area contributed by atoms with Crippen molar-refractivity contribution < 1.29 is 23.9 Å². The van der Waals surface area contributed by atoms with Crippen molar-refractivity contribution in [2.24, 2.45) is 0 Å². The van der Waals surface area contributed by atoms with E-state index in [0.717, 1.165) is 0 Å². The second-order valence-corrected chi connectivity index (χ2v) is 8.27. The van der Waals surface area contributed by atoms with Gasteiger partial charge in [-0.05, 0) is 49.6 Å². The molecule has 33 heavy (non-hydrogen) atoms. The molecule has 8 nitrogen and oxygen atoms in total. The molecule has 2 aliphatic rings. The fraction of sp³-hybridized carbons (Fsp3) is 0.360.